The van der Waals surface area contributed by atoms with Gasteiger partial charge >= 0.3 is 5.97 Å². The monoisotopic (exact) mass is 315 g/mol. The highest BCUT2D eigenvalue weighted by atomic mass is 16.4. The van der Waals surface area contributed by atoms with Gasteiger partial charge in [0.05, 0.1) is 17.5 Å². The van der Waals surface area contributed by atoms with Crippen LogP contribution in [0.25, 0.3) is 5.69 Å². The molecular formula is C17H21N3O3. The van der Waals surface area contributed by atoms with Gasteiger partial charge in [0, 0.05) is 18.9 Å². The van der Waals surface area contributed by atoms with Gasteiger partial charge in [-0.05, 0) is 44.0 Å². The Kier molecular flexibility index (Phi) is 5.16. The highest BCUT2D eigenvalue weighted by Gasteiger charge is 2.26. The Hall–Kier alpha value is -2.63. The molecule has 0 aliphatic carbocycles. The van der Waals surface area contributed by atoms with E-state index < -0.39 is 11.4 Å². The maximum atomic E-state index is 11.9. The van der Waals surface area contributed by atoms with Crippen LogP contribution in [0.1, 0.15) is 25.8 Å². The Balaban J connectivity index is 1.83. The molecule has 6 nitrogen and oxygen atoms in total. The molecule has 0 aliphatic rings. The summed E-state index contributed by atoms with van der Waals surface area (Å²) in [6, 6.07) is 9.43. The summed E-state index contributed by atoms with van der Waals surface area (Å²) in [5.74, 6) is -0.973. The fourth-order valence-electron chi connectivity index (χ4n) is 2.06. The minimum atomic E-state index is -0.860. The molecule has 0 fully saturated rings. The second-order valence-electron chi connectivity index (χ2n) is 6.08. The molecule has 6 heteroatoms. The van der Waals surface area contributed by atoms with Crippen LogP contribution in [0.2, 0.25) is 0 Å². The molecule has 122 valence electrons. The Morgan fingerprint density at radius 3 is 2.52 bits per heavy atom. The molecule has 0 atom stereocenters. The fraction of sp³-hybridized carbons (Fsp3) is 0.353. The number of amides is 1. The predicted molar refractivity (Wildman–Crippen MR) is 86.3 cm³/mol. The van der Waals surface area contributed by atoms with E-state index in [1.165, 1.54) is 0 Å². The minimum Gasteiger partial charge on any atom is -0.481 e. The first-order valence-electron chi connectivity index (χ1n) is 7.47. The lowest BCUT2D eigenvalue weighted by Gasteiger charge is -2.18. The van der Waals surface area contributed by atoms with E-state index in [2.05, 4.69) is 10.4 Å². The van der Waals surface area contributed by atoms with Crippen LogP contribution in [0.4, 0.5) is 0 Å². The van der Waals surface area contributed by atoms with Crippen LogP contribution >= 0.6 is 0 Å². The minimum absolute atomic E-state index is 0.113. The number of hydrogen-bond donors (Lipinski definition) is 2. The lowest BCUT2D eigenvalue weighted by molar-refractivity contribution is -0.147. The number of benzene rings is 1. The number of carbonyl (C=O) groups is 2. The Morgan fingerprint density at radius 2 is 1.96 bits per heavy atom. The van der Waals surface area contributed by atoms with Gasteiger partial charge in [0.25, 0.3) is 0 Å². The first-order valence-corrected chi connectivity index (χ1v) is 7.47. The summed E-state index contributed by atoms with van der Waals surface area (Å²) in [6.07, 6.45) is 4.23. The molecule has 0 unspecified atom stereocenters. The Bertz CT molecular complexity index is 661. The summed E-state index contributed by atoms with van der Waals surface area (Å²) in [5.41, 5.74) is 0.997. The van der Waals surface area contributed by atoms with Gasteiger partial charge in [0.1, 0.15) is 0 Å². The number of carboxylic acids is 1. The topological polar surface area (TPSA) is 84.2 Å². The van der Waals surface area contributed by atoms with Gasteiger partial charge in [0.2, 0.25) is 5.91 Å². The van der Waals surface area contributed by atoms with Gasteiger partial charge in [-0.25, -0.2) is 4.68 Å². The number of aliphatic carboxylic acids is 1. The number of hydrogen-bond acceptors (Lipinski definition) is 3. The van der Waals surface area contributed by atoms with E-state index in [0.29, 0.717) is 13.0 Å². The molecule has 0 bridgehead atoms. The van der Waals surface area contributed by atoms with E-state index >= 15 is 0 Å². The Labute approximate surface area is 135 Å². The van der Waals surface area contributed by atoms with Crippen molar-refractivity contribution in [3.05, 3.63) is 48.3 Å². The van der Waals surface area contributed by atoms with Gasteiger partial charge in [-0.15, -0.1) is 0 Å². The van der Waals surface area contributed by atoms with Crippen molar-refractivity contribution >= 4 is 11.9 Å². The average molecular weight is 315 g/mol. The molecule has 2 N–H and O–H groups in total. The van der Waals surface area contributed by atoms with Crippen molar-refractivity contribution in [1.82, 2.24) is 15.1 Å². The van der Waals surface area contributed by atoms with E-state index in [1.807, 2.05) is 36.5 Å². The van der Waals surface area contributed by atoms with Crippen LogP contribution in [0.15, 0.2) is 42.7 Å². The number of carboxylic acid groups (broad SMARTS) is 1. The standard InChI is InChI=1S/C17H21N3O3/c1-17(2,16(22)23)8-10-18-15(21)12-13-4-6-14(7-5-13)20-11-3-9-19-20/h3-7,9,11H,8,10,12H2,1-2H3,(H,18,21)(H,22,23). The van der Waals surface area contributed by atoms with Gasteiger partial charge in [-0.3, -0.25) is 9.59 Å². The second kappa shape index (κ2) is 7.09. The van der Waals surface area contributed by atoms with Gasteiger partial charge in [0.15, 0.2) is 0 Å². The Morgan fingerprint density at radius 1 is 1.26 bits per heavy atom. The van der Waals surface area contributed by atoms with Crippen molar-refractivity contribution in [2.75, 3.05) is 6.54 Å². The van der Waals surface area contributed by atoms with Gasteiger partial charge < -0.3 is 10.4 Å². The number of rotatable bonds is 7. The summed E-state index contributed by atoms with van der Waals surface area (Å²) < 4.78 is 1.75. The maximum Gasteiger partial charge on any atom is 0.309 e. The first kappa shape index (κ1) is 16.7. The summed E-state index contributed by atoms with van der Waals surface area (Å²) >= 11 is 0. The van der Waals surface area contributed by atoms with E-state index in [9.17, 15) is 9.59 Å². The SMILES string of the molecule is CC(C)(CCNC(=O)Cc1ccc(-n2cccn2)cc1)C(=O)O. The largest absolute Gasteiger partial charge is 0.481 e. The molecule has 1 heterocycles. The molecule has 2 aromatic rings. The van der Waals surface area contributed by atoms with Crippen molar-refractivity contribution in [3.8, 4) is 5.69 Å². The van der Waals surface area contributed by atoms with Crippen LogP contribution < -0.4 is 5.32 Å². The normalized spacial score (nSPS) is 11.2. The molecular weight excluding hydrogens is 294 g/mol. The maximum absolute atomic E-state index is 11.9. The third-order valence-corrected chi connectivity index (χ3v) is 3.72. The van der Waals surface area contributed by atoms with Crippen LogP contribution in [-0.2, 0) is 16.0 Å². The van der Waals surface area contributed by atoms with Gasteiger partial charge in [-0.2, -0.15) is 5.10 Å². The summed E-state index contributed by atoms with van der Waals surface area (Å²) in [6.45, 7) is 3.65. The molecule has 1 aromatic carbocycles. The average Bonchev–Trinajstić information content (AvgIpc) is 3.02. The van der Waals surface area contributed by atoms with Crippen molar-refractivity contribution in [1.29, 1.82) is 0 Å². The second-order valence-corrected chi connectivity index (χ2v) is 6.08. The van der Waals surface area contributed by atoms with Crippen molar-refractivity contribution in [2.45, 2.75) is 26.7 Å². The van der Waals surface area contributed by atoms with Crippen LogP contribution in [0, 0.1) is 5.41 Å². The molecule has 0 spiro atoms. The molecule has 0 saturated heterocycles. The quantitative estimate of drug-likeness (QED) is 0.819. The molecule has 1 amide bonds. The fourth-order valence-corrected chi connectivity index (χ4v) is 2.06. The lowest BCUT2D eigenvalue weighted by atomic mass is 9.90. The zero-order valence-corrected chi connectivity index (χ0v) is 13.3. The van der Waals surface area contributed by atoms with Gasteiger partial charge in [-0.1, -0.05) is 12.1 Å². The van der Waals surface area contributed by atoms with E-state index in [-0.39, 0.29) is 12.3 Å². The van der Waals surface area contributed by atoms with Crippen molar-refractivity contribution < 1.29 is 14.7 Å². The third kappa shape index (κ3) is 4.67. The zero-order valence-electron chi connectivity index (χ0n) is 13.3. The summed E-state index contributed by atoms with van der Waals surface area (Å²) in [4.78, 5) is 22.9. The zero-order chi connectivity index (χ0) is 16.9. The van der Waals surface area contributed by atoms with Crippen LogP contribution in [-0.4, -0.2) is 33.3 Å². The number of nitrogens with zero attached hydrogens (tertiary/aromatic N) is 2. The highest BCUT2D eigenvalue weighted by molar-refractivity contribution is 5.78. The first-order chi connectivity index (χ1) is 10.9. The molecule has 0 aliphatic heterocycles. The molecule has 23 heavy (non-hydrogen) atoms. The summed E-state index contributed by atoms with van der Waals surface area (Å²) in [5, 5.41) is 15.9. The predicted octanol–water partition coefficient (Wildman–Crippen LogP) is 2.03. The lowest BCUT2D eigenvalue weighted by Crippen LogP contribution is -2.32. The van der Waals surface area contributed by atoms with E-state index in [4.69, 9.17) is 5.11 Å². The molecule has 1 aromatic heterocycles. The smallest absolute Gasteiger partial charge is 0.309 e. The highest BCUT2D eigenvalue weighted by Crippen LogP contribution is 2.19. The number of aromatic nitrogens is 2. The number of nitrogens with one attached hydrogen (secondary N) is 1. The molecule has 2 rings (SSSR count). The van der Waals surface area contributed by atoms with Crippen LogP contribution in [0.3, 0.4) is 0 Å². The van der Waals surface area contributed by atoms with Crippen LogP contribution in [0.5, 0.6) is 0 Å². The molecule has 0 saturated carbocycles. The van der Waals surface area contributed by atoms with Crippen molar-refractivity contribution in [2.24, 2.45) is 5.41 Å². The summed E-state index contributed by atoms with van der Waals surface area (Å²) in [7, 11) is 0. The van der Waals surface area contributed by atoms with E-state index in [0.717, 1.165) is 11.3 Å². The third-order valence-electron chi connectivity index (χ3n) is 3.72. The van der Waals surface area contributed by atoms with Crippen molar-refractivity contribution in [3.63, 3.8) is 0 Å². The number of carbonyl (C=O) groups excluding carboxylic acids is 1. The molecule has 0 radical (unpaired) electrons. The van der Waals surface area contributed by atoms with E-state index in [1.54, 1.807) is 24.7 Å².